The van der Waals surface area contributed by atoms with Crippen LogP contribution in [0.3, 0.4) is 0 Å². The van der Waals surface area contributed by atoms with Crippen molar-refractivity contribution in [2.45, 2.75) is 71.9 Å². The van der Waals surface area contributed by atoms with Crippen molar-refractivity contribution in [2.24, 2.45) is 11.8 Å². The summed E-state index contributed by atoms with van der Waals surface area (Å²) in [5.74, 6) is 1.18. The number of hydrogen-bond acceptors (Lipinski definition) is 4. The molecule has 1 aliphatic carbocycles. The molecule has 0 saturated heterocycles. The Kier molecular flexibility index (Phi) is 8.92. The van der Waals surface area contributed by atoms with Gasteiger partial charge in [0.1, 0.15) is 5.60 Å². The molecule has 1 fully saturated rings. The van der Waals surface area contributed by atoms with Gasteiger partial charge in [0, 0.05) is 25.7 Å². The summed E-state index contributed by atoms with van der Waals surface area (Å²) in [6.45, 7) is 13.2. The molecule has 2 unspecified atom stereocenters. The molecule has 136 valence electrons. The van der Waals surface area contributed by atoms with Gasteiger partial charge < -0.3 is 20.1 Å². The molecule has 0 aromatic heterocycles. The number of amides is 1. The van der Waals surface area contributed by atoms with Crippen LogP contribution in [-0.4, -0.2) is 44.0 Å². The van der Waals surface area contributed by atoms with E-state index in [-0.39, 0.29) is 6.09 Å². The molecule has 1 aliphatic rings. The summed E-state index contributed by atoms with van der Waals surface area (Å²) < 4.78 is 10.9. The summed E-state index contributed by atoms with van der Waals surface area (Å²) in [5, 5.41) is 6.48. The lowest BCUT2D eigenvalue weighted by atomic mass is 10.0. The van der Waals surface area contributed by atoms with Crippen LogP contribution in [0.5, 0.6) is 0 Å². The van der Waals surface area contributed by atoms with Gasteiger partial charge in [-0.3, -0.25) is 0 Å². The van der Waals surface area contributed by atoms with Crippen LogP contribution >= 0.6 is 0 Å². The van der Waals surface area contributed by atoms with E-state index in [1.54, 1.807) is 0 Å². The molecule has 0 bridgehead atoms. The Bertz CT molecular complexity index is 340. The Hall–Kier alpha value is -0.810. The van der Waals surface area contributed by atoms with Crippen molar-refractivity contribution in [3.8, 4) is 0 Å². The van der Waals surface area contributed by atoms with Gasteiger partial charge in [0.2, 0.25) is 0 Å². The molecule has 0 aliphatic heterocycles. The van der Waals surface area contributed by atoms with E-state index in [1.807, 2.05) is 20.8 Å². The molecule has 0 radical (unpaired) electrons. The van der Waals surface area contributed by atoms with E-state index in [0.717, 1.165) is 32.6 Å². The van der Waals surface area contributed by atoms with Crippen LogP contribution in [0.1, 0.15) is 60.3 Å². The Labute approximate surface area is 141 Å². The van der Waals surface area contributed by atoms with Gasteiger partial charge in [-0.15, -0.1) is 0 Å². The minimum atomic E-state index is -0.440. The number of ether oxygens (including phenoxy) is 2. The lowest BCUT2D eigenvalue weighted by Crippen LogP contribution is -2.41. The van der Waals surface area contributed by atoms with Crippen LogP contribution in [0.2, 0.25) is 0 Å². The highest BCUT2D eigenvalue weighted by Crippen LogP contribution is 2.25. The summed E-state index contributed by atoms with van der Waals surface area (Å²) in [5.41, 5.74) is -0.440. The third kappa shape index (κ3) is 9.82. The minimum absolute atomic E-state index is 0.319. The Morgan fingerprint density at radius 2 is 1.96 bits per heavy atom. The average molecular weight is 328 g/mol. The number of carbonyl (C=O) groups is 1. The van der Waals surface area contributed by atoms with Crippen molar-refractivity contribution in [3.05, 3.63) is 0 Å². The molecule has 0 aromatic carbocycles. The van der Waals surface area contributed by atoms with Crippen LogP contribution in [0.4, 0.5) is 4.79 Å². The average Bonchev–Trinajstić information content (AvgIpc) is 2.85. The van der Waals surface area contributed by atoms with E-state index in [4.69, 9.17) is 9.47 Å². The largest absolute Gasteiger partial charge is 0.444 e. The highest BCUT2D eigenvalue weighted by molar-refractivity contribution is 5.67. The fourth-order valence-electron chi connectivity index (χ4n) is 2.82. The summed E-state index contributed by atoms with van der Waals surface area (Å²) in [7, 11) is 0. The van der Waals surface area contributed by atoms with Gasteiger partial charge in [-0.05, 0) is 51.9 Å². The maximum atomic E-state index is 11.7. The van der Waals surface area contributed by atoms with Crippen LogP contribution in [0, 0.1) is 11.8 Å². The van der Waals surface area contributed by atoms with E-state index in [2.05, 4.69) is 24.5 Å². The number of rotatable bonds is 9. The summed E-state index contributed by atoms with van der Waals surface area (Å²) in [6.07, 6.45) is 4.34. The Morgan fingerprint density at radius 3 is 2.61 bits per heavy atom. The second-order valence-electron chi connectivity index (χ2n) is 7.93. The van der Waals surface area contributed by atoms with Crippen molar-refractivity contribution in [1.29, 1.82) is 0 Å². The van der Waals surface area contributed by atoms with Crippen molar-refractivity contribution in [2.75, 3.05) is 26.3 Å². The molecule has 1 saturated carbocycles. The van der Waals surface area contributed by atoms with Crippen molar-refractivity contribution < 1.29 is 14.3 Å². The zero-order valence-electron chi connectivity index (χ0n) is 15.6. The van der Waals surface area contributed by atoms with E-state index in [1.165, 1.54) is 12.8 Å². The Balaban J connectivity index is 2.15. The summed E-state index contributed by atoms with van der Waals surface area (Å²) in [4.78, 5) is 11.7. The first-order valence-corrected chi connectivity index (χ1v) is 9.06. The first-order valence-electron chi connectivity index (χ1n) is 9.06. The predicted molar refractivity (Wildman–Crippen MR) is 93.6 cm³/mol. The molecule has 23 heavy (non-hydrogen) atoms. The van der Waals surface area contributed by atoms with Crippen LogP contribution < -0.4 is 10.6 Å². The number of carbonyl (C=O) groups excluding carboxylic acids is 1. The lowest BCUT2D eigenvalue weighted by Gasteiger charge is -2.23. The molecule has 2 N–H and O–H groups in total. The van der Waals surface area contributed by atoms with Crippen LogP contribution in [0.25, 0.3) is 0 Å². The molecule has 2 atom stereocenters. The first-order chi connectivity index (χ1) is 10.8. The standard InChI is InChI=1S/C18H36N2O3/c1-14(2)9-11-22-12-10-19-16-8-6-7-15(16)13-20-17(21)23-18(3,4)5/h14-16,19H,6-13H2,1-5H3,(H,20,21). The summed E-state index contributed by atoms with van der Waals surface area (Å²) in [6, 6.07) is 0.471. The van der Waals surface area contributed by atoms with E-state index in [9.17, 15) is 4.79 Å². The van der Waals surface area contributed by atoms with E-state index < -0.39 is 5.60 Å². The van der Waals surface area contributed by atoms with Gasteiger partial charge in [-0.25, -0.2) is 4.79 Å². The SMILES string of the molecule is CC(C)CCOCCNC1CCCC1CNC(=O)OC(C)(C)C. The quantitative estimate of drug-likeness (QED) is 0.637. The maximum absolute atomic E-state index is 11.7. The first kappa shape index (κ1) is 20.2. The molecule has 5 heteroatoms. The molecule has 1 amide bonds. The minimum Gasteiger partial charge on any atom is -0.444 e. The molecular formula is C18H36N2O3. The van der Waals surface area contributed by atoms with Gasteiger partial charge in [-0.1, -0.05) is 20.3 Å². The van der Waals surface area contributed by atoms with Crippen molar-refractivity contribution >= 4 is 6.09 Å². The third-order valence-electron chi connectivity index (χ3n) is 4.06. The smallest absolute Gasteiger partial charge is 0.407 e. The fraction of sp³-hybridized carbons (Fsp3) is 0.944. The molecule has 0 heterocycles. The normalized spacial score (nSPS) is 21.7. The molecule has 0 spiro atoms. The number of hydrogen-bond donors (Lipinski definition) is 2. The van der Waals surface area contributed by atoms with E-state index in [0.29, 0.717) is 24.4 Å². The molecular weight excluding hydrogens is 292 g/mol. The van der Waals surface area contributed by atoms with Crippen molar-refractivity contribution in [3.63, 3.8) is 0 Å². The van der Waals surface area contributed by atoms with E-state index >= 15 is 0 Å². The number of nitrogens with one attached hydrogen (secondary N) is 2. The second-order valence-corrected chi connectivity index (χ2v) is 7.93. The molecule has 0 aromatic rings. The lowest BCUT2D eigenvalue weighted by molar-refractivity contribution is 0.0516. The van der Waals surface area contributed by atoms with Crippen LogP contribution in [0.15, 0.2) is 0 Å². The predicted octanol–water partition coefficient (Wildman–Crippen LogP) is 3.33. The topological polar surface area (TPSA) is 59.6 Å². The van der Waals surface area contributed by atoms with Gasteiger partial charge >= 0.3 is 6.09 Å². The molecule has 5 nitrogen and oxygen atoms in total. The summed E-state index contributed by atoms with van der Waals surface area (Å²) >= 11 is 0. The molecule has 1 rings (SSSR count). The maximum Gasteiger partial charge on any atom is 0.407 e. The van der Waals surface area contributed by atoms with Gasteiger partial charge in [-0.2, -0.15) is 0 Å². The Morgan fingerprint density at radius 1 is 1.22 bits per heavy atom. The highest BCUT2D eigenvalue weighted by Gasteiger charge is 2.27. The van der Waals surface area contributed by atoms with Crippen LogP contribution in [-0.2, 0) is 9.47 Å². The van der Waals surface area contributed by atoms with Gasteiger partial charge in [0.15, 0.2) is 0 Å². The zero-order chi connectivity index (χ0) is 17.3. The van der Waals surface area contributed by atoms with Gasteiger partial charge in [0.05, 0.1) is 6.61 Å². The van der Waals surface area contributed by atoms with Gasteiger partial charge in [0.25, 0.3) is 0 Å². The third-order valence-corrected chi connectivity index (χ3v) is 4.06. The monoisotopic (exact) mass is 328 g/mol. The zero-order valence-corrected chi connectivity index (χ0v) is 15.6. The second kappa shape index (κ2) is 10.1. The fourth-order valence-corrected chi connectivity index (χ4v) is 2.82. The highest BCUT2D eigenvalue weighted by atomic mass is 16.6. The number of alkyl carbamates (subject to hydrolysis) is 1. The van der Waals surface area contributed by atoms with Crippen molar-refractivity contribution in [1.82, 2.24) is 10.6 Å².